The molecule has 31 heavy (non-hydrogen) atoms. The van der Waals surface area contributed by atoms with Crippen molar-refractivity contribution in [1.82, 2.24) is 9.88 Å². The SMILES string of the molecule is Cc1cccc(Cn2c(C)c(C)c3cc(C(=O)NC[C@@H](C)c4ccccc4)ccc32)c1. The predicted octanol–water partition coefficient (Wildman–Crippen LogP) is 6.15. The van der Waals surface area contributed by atoms with Gasteiger partial charge in [0, 0.05) is 35.2 Å². The molecule has 4 aromatic rings. The number of amides is 1. The van der Waals surface area contributed by atoms with E-state index >= 15 is 0 Å². The van der Waals surface area contributed by atoms with E-state index in [2.05, 4.69) is 80.0 Å². The minimum absolute atomic E-state index is 0.0202. The van der Waals surface area contributed by atoms with Crippen LogP contribution in [-0.4, -0.2) is 17.0 Å². The summed E-state index contributed by atoms with van der Waals surface area (Å²) in [4.78, 5) is 12.8. The van der Waals surface area contributed by atoms with Crippen molar-refractivity contribution >= 4 is 16.8 Å². The topological polar surface area (TPSA) is 34.0 Å². The van der Waals surface area contributed by atoms with Crippen LogP contribution >= 0.6 is 0 Å². The highest BCUT2D eigenvalue weighted by Crippen LogP contribution is 2.27. The molecule has 0 fully saturated rings. The van der Waals surface area contributed by atoms with E-state index < -0.39 is 0 Å². The number of hydrogen-bond donors (Lipinski definition) is 1. The molecule has 1 atom stereocenters. The molecular formula is C28H30N2O. The summed E-state index contributed by atoms with van der Waals surface area (Å²) in [5.74, 6) is 0.251. The summed E-state index contributed by atoms with van der Waals surface area (Å²) in [6.45, 7) is 10.0. The van der Waals surface area contributed by atoms with Crippen LogP contribution in [0.3, 0.4) is 0 Å². The molecular weight excluding hydrogens is 380 g/mol. The van der Waals surface area contributed by atoms with Gasteiger partial charge in [0.25, 0.3) is 5.91 Å². The maximum atomic E-state index is 12.8. The molecule has 1 aromatic heterocycles. The van der Waals surface area contributed by atoms with Crippen LogP contribution in [0.5, 0.6) is 0 Å². The number of aromatic nitrogens is 1. The van der Waals surface area contributed by atoms with Crippen LogP contribution in [-0.2, 0) is 6.54 Å². The molecule has 0 spiro atoms. The second-order valence-corrected chi connectivity index (χ2v) is 8.54. The first-order valence-electron chi connectivity index (χ1n) is 10.9. The van der Waals surface area contributed by atoms with Crippen LogP contribution in [0.25, 0.3) is 10.9 Å². The number of nitrogens with one attached hydrogen (secondary N) is 1. The highest BCUT2D eigenvalue weighted by atomic mass is 16.1. The first-order chi connectivity index (χ1) is 14.9. The Morgan fingerprint density at radius 3 is 2.45 bits per heavy atom. The van der Waals surface area contributed by atoms with Gasteiger partial charge in [-0.3, -0.25) is 4.79 Å². The third-order valence-corrected chi connectivity index (χ3v) is 6.26. The fourth-order valence-electron chi connectivity index (χ4n) is 4.24. The third-order valence-electron chi connectivity index (χ3n) is 6.26. The minimum atomic E-state index is -0.0202. The van der Waals surface area contributed by atoms with Crippen molar-refractivity contribution in [3.8, 4) is 0 Å². The lowest BCUT2D eigenvalue weighted by atomic mass is 10.0. The van der Waals surface area contributed by atoms with Crippen molar-refractivity contribution in [1.29, 1.82) is 0 Å². The van der Waals surface area contributed by atoms with Gasteiger partial charge in [0.05, 0.1) is 0 Å². The van der Waals surface area contributed by atoms with Gasteiger partial charge in [-0.1, -0.05) is 67.1 Å². The number of carbonyl (C=O) groups is 1. The molecule has 0 aliphatic heterocycles. The highest BCUT2D eigenvalue weighted by molar-refractivity contribution is 5.99. The number of nitrogens with zero attached hydrogens (tertiary/aromatic N) is 1. The summed E-state index contributed by atoms with van der Waals surface area (Å²) in [6, 6.07) is 25.0. The van der Waals surface area contributed by atoms with Gasteiger partial charge in [0.2, 0.25) is 0 Å². The lowest BCUT2D eigenvalue weighted by Gasteiger charge is -2.13. The zero-order valence-electron chi connectivity index (χ0n) is 18.8. The molecule has 158 valence electrons. The number of carbonyl (C=O) groups excluding carboxylic acids is 1. The van der Waals surface area contributed by atoms with Gasteiger partial charge >= 0.3 is 0 Å². The van der Waals surface area contributed by atoms with E-state index in [0.29, 0.717) is 12.1 Å². The lowest BCUT2D eigenvalue weighted by Crippen LogP contribution is -2.27. The second-order valence-electron chi connectivity index (χ2n) is 8.54. The van der Waals surface area contributed by atoms with E-state index in [-0.39, 0.29) is 11.8 Å². The van der Waals surface area contributed by atoms with Gasteiger partial charge in [-0.2, -0.15) is 0 Å². The Morgan fingerprint density at radius 2 is 1.71 bits per heavy atom. The van der Waals surface area contributed by atoms with Gasteiger partial charge in [0.15, 0.2) is 0 Å². The van der Waals surface area contributed by atoms with Crippen molar-refractivity contribution in [2.45, 2.75) is 40.2 Å². The van der Waals surface area contributed by atoms with Crippen LogP contribution in [0.1, 0.15) is 51.1 Å². The minimum Gasteiger partial charge on any atom is -0.351 e. The summed E-state index contributed by atoms with van der Waals surface area (Å²) < 4.78 is 2.35. The van der Waals surface area contributed by atoms with Crippen molar-refractivity contribution in [2.75, 3.05) is 6.54 Å². The molecule has 0 saturated carbocycles. The van der Waals surface area contributed by atoms with E-state index in [0.717, 1.165) is 11.9 Å². The largest absolute Gasteiger partial charge is 0.351 e. The Bertz CT molecular complexity index is 1220. The molecule has 3 heteroatoms. The second kappa shape index (κ2) is 8.81. The Balaban J connectivity index is 1.55. The van der Waals surface area contributed by atoms with E-state index in [1.54, 1.807) is 0 Å². The van der Waals surface area contributed by atoms with E-state index in [1.807, 2.05) is 30.3 Å². The summed E-state index contributed by atoms with van der Waals surface area (Å²) in [6.07, 6.45) is 0. The zero-order valence-corrected chi connectivity index (χ0v) is 18.8. The van der Waals surface area contributed by atoms with Gasteiger partial charge in [0.1, 0.15) is 0 Å². The highest BCUT2D eigenvalue weighted by Gasteiger charge is 2.15. The zero-order chi connectivity index (χ0) is 22.0. The van der Waals surface area contributed by atoms with Crippen LogP contribution in [0.4, 0.5) is 0 Å². The first kappa shape index (κ1) is 20.9. The van der Waals surface area contributed by atoms with Crippen LogP contribution in [0.15, 0.2) is 72.8 Å². The predicted molar refractivity (Wildman–Crippen MR) is 129 cm³/mol. The monoisotopic (exact) mass is 410 g/mol. The van der Waals surface area contributed by atoms with E-state index in [4.69, 9.17) is 0 Å². The summed E-state index contributed by atoms with van der Waals surface area (Å²) in [7, 11) is 0. The molecule has 1 heterocycles. The number of hydrogen-bond acceptors (Lipinski definition) is 1. The Kier molecular flexibility index (Phi) is 5.94. The number of benzene rings is 3. The van der Waals surface area contributed by atoms with E-state index in [1.165, 1.54) is 33.5 Å². The summed E-state index contributed by atoms with van der Waals surface area (Å²) in [5, 5.41) is 4.25. The van der Waals surface area contributed by atoms with Crippen molar-refractivity contribution < 1.29 is 4.79 Å². The molecule has 1 N–H and O–H groups in total. The van der Waals surface area contributed by atoms with Crippen LogP contribution in [0, 0.1) is 20.8 Å². The number of aryl methyl sites for hydroxylation is 2. The maximum Gasteiger partial charge on any atom is 0.251 e. The van der Waals surface area contributed by atoms with Crippen LogP contribution < -0.4 is 5.32 Å². The first-order valence-corrected chi connectivity index (χ1v) is 10.9. The summed E-state index contributed by atoms with van der Waals surface area (Å²) >= 11 is 0. The van der Waals surface area contributed by atoms with Crippen molar-refractivity contribution in [2.24, 2.45) is 0 Å². The molecule has 3 nitrogen and oxygen atoms in total. The molecule has 0 radical (unpaired) electrons. The smallest absolute Gasteiger partial charge is 0.251 e. The third kappa shape index (κ3) is 4.41. The normalized spacial score (nSPS) is 12.1. The van der Waals surface area contributed by atoms with Gasteiger partial charge in [-0.15, -0.1) is 0 Å². The molecule has 4 rings (SSSR count). The Labute approximate surface area is 184 Å². The quantitative estimate of drug-likeness (QED) is 0.406. The van der Waals surface area contributed by atoms with E-state index in [9.17, 15) is 4.79 Å². The molecule has 0 bridgehead atoms. The average Bonchev–Trinajstić information content (AvgIpc) is 3.02. The summed E-state index contributed by atoms with van der Waals surface area (Å²) in [5.41, 5.74) is 8.15. The van der Waals surface area contributed by atoms with Crippen LogP contribution in [0.2, 0.25) is 0 Å². The molecule has 0 unspecified atom stereocenters. The molecule has 0 aliphatic carbocycles. The van der Waals surface area contributed by atoms with Gasteiger partial charge in [-0.25, -0.2) is 0 Å². The number of rotatable bonds is 6. The maximum absolute atomic E-state index is 12.8. The van der Waals surface area contributed by atoms with Crippen molar-refractivity contribution in [3.05, 3.63) is 106 Å². The fourth-order valence-corrected chi connectivity index (χ4v) is 4.24. The Hall–Kier alpha value is -3.33. The molecule has 0 saturated heterocycles. The number of fused-ring (bicyclic) bond motifs is 1. The fraction of sp³-hybridized carbons (Fsp3) is 0.250. The van der Waals surface area contributed by atoms with Gasteiger partial charge in [-0.05, 0) is 61.6 Å². The average molecular weight is 411 g/mol. The van der Waals surface area contributed by atoms with Crippen molar-refractivity contribution in [3.63, 3.8) is 0 Å². The molecule has 1 amide bonds. The Morgan fingerprint density at radius 1 is 0.935 bits per heavy atom. The standard InChI is InChI=1S/C28H30N2O/c1-19-9-8-10-23(15-19)18-30-22(4)21(3)26-16-25(13-14-27(26)30)28(31)29-17-20(2)24-11-6-5-7-12-24/h5-16,20H,17-18H2,1-4H3,(H,29,31)/t20-/m1/s1. The molecule has 3 aromatic carbocycles. The van der Waals surface area contributed by atoms with Gasteiger partial charge < -0.3 is 9.88 Å². The lowest BCUT2D eigenvalue weighted by molar-refractivity contribution is 0.0952. The molecule has 0 aliphatic rings.